The van der Waals surface area contributed by atoms with Crippen LogP contribution in [-0.4, -0.2) is 22.8 Å². The Labute approximate surface area is 84.3 Å². The number of aromatic nitrogens is 2. The number of rotatable bonds is 2. The lowest BCUT2D eigenvalue weighted by atomic mass is 10.1. The van der Waals surface area contributed by atoms with Crippen molar-refractivity contribution >= 4 is 0 Å². The topological polar surface area (TPSA) is 40.7 Å². The normalized spacial score (nSPS) is 25.6. The lowest BCUT2D eigenvalue weighted by molar-refractivity contribution is 0.591. The SMILES string of the molecule is C1Cc2[nH]nc(CC3CCCN3)c2C1. The number of hydrogen-bond donors (Lipinski definition) is 2. The van der Waals surface area contributed by atoms with Crippen LogP contribution in [0.15, 0.2) is 0 Å². The standard InChI is InChI=1S/C11H17N3/c1-4-9-10(5-1)13-14-11(9)7-8-3-2-6-12-8/h8,12H,1-7H2,(H,13,14). The fourth-order valence-corrected chi connectivity index (χ4v) is 2.72. The molecule has 2 heterocycles. The summed E-state index contributed by atoms with van der Waals surface area (Å²) in [5.41, 5.74) is 4.26. The molecule has 1 aliphatic carbocycles. The lowest BCUT2D eigenvalue weighted by Gasteiger charge is -2.08. The van der Waals surface area contributed by atoms with E-state index in [1.807, 2.05) is 0 Å². The molecule has 14 heavy (non-hydrogen) atoms. The van der Waals surface area contributed by atoms with Gasteiger partial charge in [-0.05, 0) is 44.2 Å². The summed E-state index contributed by atoms with van der Waals surface area (Å²) in [6, 6.07) is 0.683. The maximum atomic E-state index is 4.44. The van der Waals surface area contributed by atoms with E-state index in [0.717, 1.165) is 6.42 Å². The molecule has 3 heteroatoms. The van der Waals surface area contributed by atoms with Gasteiger partial charge in [0.1, 0.15) is 0 Å². The number of hydrogen-bond acceptors (Lipinski definition) is 2. The quantitative estimate of drug-likeness (QED) is 0.737. The Balaban J connectivity index is 1.76. The second kappa shape index (κ2) is 3.39. The summed E-state index contributed by atoms with van der Waals surface area (Å²) in [7, 11) is 0. The third-order valence-corrected chi connectivity index (χ3v) is 3.49. The molecule has 0 saturated carbocycles. The maximum absolute atomic E-state index is 4.44. The van der Waals surface area contributed by atoms with Crippen molar-refractivity contribution in [2.75, 3.05) is 6.54 Å². The molecular formula is C11H17N3. The van der Waals surface area contributed by atoms with Gasteiger partial charge in [0.2, 0.25) is 0 Å². The van der Waals surface area contributed by atoms with E-state index in [-0.39, 0.29) is 0 Å². The van der Waals surface area contributed by atoms with E-state index in [1.165, 1.54) is 55.6 Å². The lowest BCUT2D eigenvalue weighted by Crippen LogP contribution is -2.24. The fourth-order valence-electron chi connectivity index (χ4n) is 2.72. The van der Waals surface area contributed by atoms with Gasteiger partial charge in [0.05, 0.1) is 5.69 Å². The van der Waals surface area contributed by atoms with Gasteiger partial charge in [-0.15, -0.1) is 0 Å². The Hall–Kier alpha value is -0.830. The maximum Gasteiger partial charge on any atom is 0.0672 e. The van der Waals surface area contributed by atoms with Crippen LogP contribution in [0.2, 0.25) is 0 Å². The van der Waals surface area contributed by atoms with Crippen molar-refractivity contribution in [3.8, 4) is 0 Å². The number of aromatic amines is 1. The second-order valence-electron chi connectivity index (χ2n) is 4.48. The minimum Gasteiger partial charge on any atom is -0.314 e. The smallest absolute Gasteiger partial charge is 0.0672 e. The second-order valence-corrected chi connectivity index (χ2v) is 4.48. The minimum atomic E-state index is 0.683. The van der Waals surface area contributed by atoms with E-state index in [2.05, 4.69) is 15.5 Å². The highest BCUT2D eigenvalue weighted by molar-refractivity contribution is 5.30. The van der Waals surface area contributed by atoms with Crippen molar-refractivity contribution < 1.29 is 0 Å². The van der Waals surface area contributed by atoms with E-state index in [4.69, 9.17) is 0 Å². The van der Waals surface area contributed by atoms with E-state index in [0.29, 0.717) is 6.04 Å². The highest BCUT2D eigenvalue weighted by Crippen LogP contribution is 2.24. The molecule has 1 aromatic heterocycles. The number of nitrogens with one attached hydrogen (secondary N) is 2. The van der Waals surface area contributed by atoms with Crippen LogP contribution in [0.1, 0.15) is 36.2 Å². The van der Waals surface area contributed by atoms with Gasteiger partial charge in [-0.2, -0.15) is 5.10 Å². The Kier molecular flexibility index (Phi) is 2.05. The van der Waals surface area contributed by atoms with Gasteiger partial charge in [-0.1, -0.05) is 0 Å². The van der Waals surface area contributed by atoms with Crippen LogP contribution in [0.4, 0.5) is 0 Å². The van der Waals surface area contributed by atoms with Crippen LogP contribution in [0.5, 0.6) is 0 Å². The minimum absolute atomic E-state index is 0.683. The first kappa shape index (κ1) is 8.48. The Morgan fingerprint density at radius 2 is 2.29 bits per heavy atom. The van der Waals surface area contributed by atoms with E-state index in [9.17, 15) is 0 Å². The van der Waals surface area contributed by atoms with Crippen LogP contribution in [0.25, 0.3) is 0 Å². The van der Waals surface area contributed by atoms with Gasteiger partial charge in [0, 0.05) is 18.2 Å². The third kappa shape index (κ3) is 1.36. The molecule has 0 aromatic carbocycles. The number of aryl methyl sites for hydroxylation is 1. The van der Waals surface area contributed by atoms with Crippen LogP contribution in [0, 0.1) is 0 Å². The average Bonchev–Trinajstić information content (AvgIpc) is 2.85. The van der Waals surface area contributed by atoms with Crippen LogP contribution < -0.4 is 5.32 Å². The molecule has 1 aromatic rings. The number of nitrogens with zero attached hydrogens (tertiary/aromatic N) is 1. The summed E-state index contributed by atoms with van der Waals surface area (Å²) in [6.45, 7) is 1.19. The molecule has 2 aliphatic rings. The molecule has 3 nitrogen and oxygen atoms in total. The van der Waals surface area contributed by atoms with E-state index in [1.54, 1.807) is 0 Å². The third-order valence-electron chi connectivity index (χ3n) is 3.49. The van der Waals surface area contributed by atoms with Crippen molar-refractivity contribution in [3.05, 3.63) is 17.0 Å². The first-order valence-electron chi connectivity index (χ1n) is 5.72. The first-order chi connectivity index (χ1) is 6.93. The monoisotopic (exact) mass is 191 g/mol. The molecule has 0 bridgehead atoms. The highest BCUT2D eigenvalue weighted by atomic mass is 15.1. The highest BCUT2D eigenvalue weighted by Gasteiger charge is 2.22. The molecule has 2 N–H and O–H groups in total. The summed E-state index contributed by atoms with van der Waals surface area (Å²) in [6.07, 6.45) is 7.55. The molecule has 3 rings (SSSR count). The Morgan fingerprint density at radius 3 is 3.14 bits per heavy atom. The van der Waals surface area contributed by atoms with Gasteiger partial charge in [-0.3, -0.25) is 5.10 Å². The van der Waals surface area contributed by atoms with Crippen LogP contribution in [-0.2, 0) is 19.3 Å². The van der Waals surface area contributed by atoms with Gasteiger partial charge in [0.25, 0.3) is 0 Å². The van der Waals surface area contributed by atoms with Crippen molar-refractivity contribution in [1.29, 1.82) is 0 Å². The molecule has 1 aliphatic heterocycles. The predicted molar refractivity (Wildman–Crippen MR) is 55.3 cm³/mol. The molecule has 0 amide bonds. The van der Waals surface area contributed by atoms with Gasteiger partial charge < -0.3 is 5.32 Å². The average molecular weight is 191 g/mol. The summed E-state index contributed by atoms with van der Waals surface area (Å²) in [5.74, 6) is 0. The van der Waals surface area contributed by atoms with Crippen LogP contribution >= 0.6 is 0 Å². The molecule has 1 saturated heterocycles. The van der Waals surface area contributed by atoms with Gasteiger partial charge in [0.15, 0.2) is 0 Å². The fraction of sp³-hybridized carbons (Fsp3) is 0.727. The van der Waals surface area contributed by atoms with Crippen molar-refractivity contribution in [2.45, 2.75) is 44.6 Å². The summed E-state index contributed by atoms with van der Waals surface area (Å²) in [4.78, 5) is 0. The zero-order chi connectivity index (χ0) is 9.38. The van der Waals surface area contributed by atoms with Crippen molar-refractivity contribution in [2.24, 2.45) is 0 Å². The number of fused-ring (bicyclic) bond motifs is 1. The van der Waals surface area contributed by atoms with E-state index >= 15 is 0 Å². The molecule has 76 valence electrons. The van der Waals surface area contributed by atoms with Crippen LogP contribution in [0.3, 0.4) is 0 Å². The van der Waals surface area contributed by atoms with Gasteiger partial charge in [-0.25, -0.2) is 0 Å². The first-order valence-corrected chi connectivity index (χ1v) is 5.72. The Bertz CT molecular complexity index is 323. The largest absolute Gasteiger partial charge is 0.314 e. The molecule has 1 atom stereocenters. The number of H-pyrrole nitrogens is 1. The zero-order valence-electron chi connectivity index (χ0n) is 8.47. The molecule has 1 fully saturated rings. The summed E-state index contributed by atoms with van der Waals surface area (Å²) < 4.78 is 0. The summed E-state index contributed by atoms with van der Waals surface area (Å²) in [5, 5.41) is 11.2. The Morgan fingerprint density at radius 1 is 1.29 bits per heavy atom. The molecule has 0 spiro atoms. The predicted octanol–water partition coefficient (Wildman–Crippen LogP) is 1.19. The van der Waals surface area contributed by atoms with E-state index < -0.39 is 0 Å². The molecule has 1 unspecified atom stereocenters. The zero-order valence-corrected chi connectivity index (χ0v) is 8.47. The molecular weight excluding hydrogens is 174 g/mol. The van der Waals surface area contributed by atoms with Crippen molar-refractivity contribution in [1.82, 2.24) is 15.5 Å². The molecule has 0 radical (unpaired) electrons. The summed E-state index contributed by atoms with van der Waals surface area (Å²) >= 11 is 0. The van der Waals surface area contributed by atoms with Gasteiger partial charge >= 0.3 is 0 Å². The van der Waals surface area contributed by atoms with Crippen molar-refractivity contribution in [3.63, 3.8) is 0 Å².